The first-order valence-corrected chi connectivity index (χ1v) is 6.72. The minimum absolute atomic E-state index is 0.172. The van der Waals surface area contributed by atoms with E-state index in [-0.39, 0.29) is 6.61 Å². The molecule has 2 atom stereocenters. The summed E-state index contributed by atoms with van der Waals surface area (Å²) in [6.45, 7) is 0.172. The average Bonchev–Trinajstić information content (AvgIpc) is 2.99. The Balaban J connectivity index is 1.95. The molecule has 2 heteroatoms. The Morgan fingerprint density at radius 3 is 2.50 bits per heavy atom. The summed E-state index contributed by atoms with van der Waals surface area (Å²) in [5.74, 6) is 0.971. The molecule has 18 heavy (non-hydrogen) atoms. The topological polar surface area (TPSA) is 23.5 Å². The van der Waals surface area contributed by atoms with E-state index in [0.717, 1.165) is 12.0 Å². The van der Waals surface area contributed by atoms with Crippen molar-refractivity contribution in [2.45, 2.75) is 18.9 Å². The van der Waals surface area contributed by atoms with Crippen LogP contribution in [0.5, 0.6) is 0 Å². The van der Waals surface area contributed by atoms with Crippen LogP contribution in [0.1, 0.15) is 12.8 Å². The number of hydrogen-bond donors (Lipinski definition) is 1. The molecule has 0 saturated heterocycles. The van der Waals surface area contributed by atoms with Crippen LogP contribution in [0.2, 0.25) is 0 Å². The Hall–Kier alpha value is -1.12. The second kappa shape index (κ2) is 6.17. The molecule has 0 spiro atoms. The third kappa shape index (κ3) is 3.01. The lowest BCUT2D eigenvalue weighted by Crippen LogP contribution is -2.35. The van der Waals surface area contributed by atoms with Gasteiger partial charge in [0.25, 0.3) is 0 Å². The number of aliphatic hydroxyl groups excluding tert-OH is 1. The van der Waals surface area contributed by atoms with Crippen molar-refractivity contribution in [1.29, 1.82) is 0 Å². The molecule has 0 aromatic heterocycles. The summed E-state index contributed by atoms with van der Waals surface area (Å²) in [7, 11) is 4.26. The molecule has 0 saturated carbocycles. The van der Waals surface area contributed by atoms with Gasteiger partial charge in [-0.2, -0.15) is 0 Å². The van der Waals surface area contributed by atoms with Gasteiger partial charge in [0, 0.05) is 12.0 Å². The van der Waals surface area contributed by atoms with Crippen molar-refractivity contribution in [3.63, 3.8) is 0 Å². The second-order valence-corrected chi connectivity index (χ2v) is 5.35. The van der Waals surface area contributed by atoms with Crippen LogP contribution >= 0.6 is 0 Å². The standard InChI is InChI=1S/C16H23NO/c1-17(2)16(11-10-13-6-3-4-7-13)15-9-5-8-14(15)12-18/h3-9,13,15-16,18H,10-12H2,1-2H3/t15?,16-/m1/s1. The van der Waals surface area contributed by atoms with Crippen LogP contribution in [0.25, 0.3) is 0 Å². The highest BCUT2D eigenvalue weighted by molar-refractivity contribution is 5.29. The molecule has 0 aromatic carbocycles. The van der Waals surface area contributed by atoms with Gasteiger partial charge in [-0.15, -0.1) is 0 Å². The molecule has 0 aromatic rings. The lowest BCUT2D eigenvalue weighted by molar-refractivity contribution is 0.221. The zero-order valence-corrected chi connectivity index (χ0v) is 11.3. The van der Waals surface area contributed by atoms with Crippen molar-refractivity contribution >= 4 is 0 Å². The molecule has 0 amide bonds. The highest BCUT2D eigenvalue weighted by atomic mass is 16.3. The highest BCUT2D eigenvalue weighted by Gasteiger charge is 2.26. The molecular weight excluding hydrogens is 222 g/mol. The largest absolute Gasteiger partial charge is 0.392 e. The predicted molar refractivity (Wildman–Crippen MR) is 76.3 cm³/mol. The van der Waals surface area contributed by atoms with Crippen LogP contribution in [0.3, 0.4) is 0 Å². The van der Waals surface area contributed by atoms with Crippen LogP contribution in [0, 0.1) is 11.8 Å². The van der Waals surface area contributed by atoms with Gasteiger partial charge < -0.3 is 10.0 Å². The molecule has 1 N–H and O–H groups in total. The fraction of sp³-hybridized carbons (Fsp3) is 0.500. The van der Waals surface area contributed by atoms with Crippen LogP contribution in [0.15, 0.2) is 48.1 Å². The van der Waals surface area contributed by atoms with Crippen LogP contribution in [-0.4, -0.2) is 36.8 Å². The number of rotatable bonds is 6. The van der Waals surface area contributed by atoms with Gasteiger partial charge in [-0.1, -0.05) is 42.5 Å². The first kappa shape index (κ1) is 13.3. The first-order chi connectivity index (χ1) is 8.72. The maximum absolute atomic E-state index is 9.40. The fourth-order valence-electron chi connectivity index (χ4n) is 2.86. The van der Waals surface area contributed by atoms with Gasteiger partial charge in [-0.25, -0.2) is 0 Å². The van der Waals surface area contributed by atoms with Crippen molar-refractivity contribution in [3.05, 3.63) is 48.1 Å². The number of allylic oxidation sites excluding steroid dienone is 6. The normalized spacial score (nSPS) is 24.2. The highest BCUT2D eigenvalue weighted by Crippen LogP contribution is 2.29. The van der Waals surface area contributed by atoms with Crippen molar-refractivity contribution in [2.24, 2.45) is 11.8 Å². The minimum Gasteiger partial charge on any atom is -0.392 e. The Kier molecular flexibility index (Phi) is 4.56. The third-order valence-electron chi connectivity index (χ3n) is 3.94. The molecule has 2 nitrogen and oxygen atoms in total. The number of nitrogens with zero attached hydrogens (tertiary/aromatic N) is 1. The summed E-state index contributed by atoms with van der Waals surface area (Å²) in [6, 6.07) is 0.476. The molecule has 2 aliphatic carbocycles. The van der Waals surface area contributed by atoms with Gasteiger partial charge >= 0.3 is 0 Å². The Morgan fingerprint density at radius 2 is 1.89 bits per heavy atom. The summed E-state index contributed by atoms with van der Waals surface area (Å²) in [6.07, 6.45) is 17.5. The molecule has 2 rings (SSSR count). The number of hydrogen-bond acceptors (Lipinski definition) is 2. The van der Waals surface area contributed by atoms with E-state index >= 15 is 0 Å². The zero-order valence-electron chi connectivity index (χ0n) is 11.3. The second-order valence-electron chi connectivity index (χ2n) is 5.35. The molecule has 0 fully saturated rings. The molecule has 0 radical (unpaired) electrons. The van der Waals surface area contributed by atoms with Crippen LogP contribution in [0.4, 0.5) is 0 Å². The van der Waals surface area contributed by atoms with Gasteiger partial charge in [0.05, 0.1) is 6.61 Å². The van der Waals surface area contributed by atoms with E-state index in [1.165, 1.54) is 6.42 Å². The van der Waals surface area contributed by atoms with E-state index in [2.05, 4.69) is 61.5 Å². The predicted octanol–water partition coefficient (Wildman–Crippen LogP) is 2.54. The maximum atomic E-state index is 9.40. The lowest BCUT2D eigenvalue weighted by atomic mass is 9.88. The van der Waals surface area contributed by atoms with E-state index in [4.69, 9.17) is 0 Å². The van der Waals surface area contributed by atoms with Gasteiger partial charge in [-0.05, 0) is 38.4 Å². The molecular formula is C16H23NO. The SMILES string of the molecule is CN(C)[C@H](CCC1C=CC=C1)C1C=CC=C1CO. The van der Waals surface area contributed by atoms with Crippen molar-refractivity contribution in [3.8, 4) is 0 Å². The molecule has 0 heterocycles. The molecule has 2 aliphatic rings. The molecule has 0 aliphatic heterocycles. The monoisotopic (exact) mass is 245 g/mol. The average molecular weight is 245 g/mol. The summed E-state index contributed by atoms with van der Waals surface area (Å²) in [5.41, 5.74) is 1.14. The van der Waals surface area contributed by atoms with Crippen LogP contribution < -0.4 is 0 Å². The van der Waals surface area contributed by atoms with E-state index in [1.54, 1.807) is 0 Å². The third-order valence-corrected chi connectivity index (χ3v) is 3.94. The Morgan fingerprint density at radius 1 is 1.17 bits per heavy atom. The molecule has 1 unspecified atom stereocenters. The first-order valence-electron chi connectivity index (χ1n) is 6.72. The van der Waals surface area contributed by atoms with Crippen molar-refractivity contribution < 1.29 is 5.11 Å². The summed E-state index contributed by atoms with van der Waals surface area (Å²) < 4.78 is 0. The maximum Gasteiger partial charge on any atom is 0.0651 e. The van der Waals surface area contributed by atoms with Gasteiger partial charge in [-0.3, -0.25) is 0 Å². The van der Waals surface area contributed by atoms with Gasteiger partial charge in [0.1, 0.15) is 0 Å². The Labute approximate surface area is 110 Å². The smallest absolute Gasteiger partial charge is 0.0651 e. The van der Waals surface area contributed by atoms with E-state index in [9.17, 15) is 5.11 Å². The summed E-state index contributed by atoms with van der Waals surface area (Å²) >= 11 is 0. The van der Waals surface area contributed by atoms with Gasteiger partial charge in [0.15, 0.2) is 0 Å². The molecule has 0 bridgehead atoms. The summed E-state index contributed by atoms with van der Waals surface area (Å²) in [4.78, 5) is 2.28. The fourth-order valence-corrected chi connectivity index (χ4v) is 2.86. The van der Waals surface area contributed by atoms with E-state index in [1.807, 2.05) is 0 Å². The van der Waals surface area contributed by atoms with E-state index < -0.39 is 0 Å². The quantitative estimate of drug-likeness (QED) is 0.777. The Bertz CT molecular complexity index is 378. The molecule has 98 valence electrons. The lowest BCUT2D eigenvalue weighted by Gasteiger charge is -2.31. The van der Waals surface area contributed by atoms with Crippen molar-refractivity contribution in [1.82, 2.24) is 4.90 Å². The number of aliphatic hydroxyl groups is 1. The van der Waals surface area contributed by atoms with Crippen LogP contribution in [-0.2, 0) is 0 Å². The van der Waals surface area contributed by atoms with E-state index in [0.29, 0.717) is 17.9 Å². The zero-order chi connectivity index (χ0) is 13.0. The minimum atomic E-state index is 0.172. The van der Waals surface area contributed by atoms with Gasteiger partial charge in [0.2, 0.25) is 0 Å². The summed E-state index contributed by atoms with van der Waals surface area (Å²) in [5, 5.41) is 9.40. The van der Waals surface area contributed by atoms with Crippen molar-refractivity contribution in [2.75, 3.05) is 20.7 Å².